The summed E-state index contributed by atoms with van der Waals surface area (Å²) in [5.74, 6) is -2.08. The summed E-state index contributed by atoms with van der Waals surface area (Å²) in [4.78, 5) is 74.0. The van der Waals surface area contributed by atoms with Gasteiger partial charge in [-0.05, 0) is 85.2 Å². The minimum absolute atomic E-state index is 0.0208. The molecule has 5 rings (SSSR count). The number of nitriles is 1. The molecule has 2 aliphatic rings. The van der Waals surface area contributed by atoms with E-state index < -0.39 is 47.7 Å². The number of hydrogen-bond acceptors (Lipinski definition) is 11. The molecule has 332 valence electrons. The zero-order chi connectivity index (χ0) is 44.9. The lowest BCUT2D eigenvalue weighted by Crippen LogP contribution is -2.49. The standard InChI is InChI=1S/C48H63N7O7/c1-5-6-7-8-10-32-12-15-36(30(2)23-32)47(59)55-29-35(52)28-40(55)48(60)54(4)45-34-14-17-44(62-22-20-51)38(27-34)37-25-33(13-16-43(37)61-21-19-50)26-39(41(56)11-9-18-49)53-46(58)31(3)24-42(45)57/h12-17,23,25,27,31,35,39-40,45H,5-11,19-22,24,26,28-29,50-52H2,1-4H3,(H,53,58)/t31-,35+,39+,40?,45+/m1/s1. The fourth-order valence-electron chi connectivity index (χ4n) is 8.43. The van der Waals surface area contributed by atoms with Crippen molar-refractivity contribution < 1.29 is 33.4 Å². The maximum absolute atomic E-state index is 14.9. The summed E-state index contributed by atoms with van der Waals surface area (Å²) in [6, 6.07) is 14.8. The lowest BCUT2D eigenvalue weighted by Gasteiger charge is -2.34. The molecule has 0 aromatic heterocycles. The normalized spacial score (nSPS) is 20.2. The fraction of sp³-hybridized carbons (Fsp3) is 0.500. The number of fused-ring (bicyclic) bond motifs is 5. The van der Waals surface area contributed by atoms with Gasteiger partial charge in [0.25, 0.3) is 5.91 Å². The van der Waals surface area contributed by atoms with Gasteiger partial charge in [-0.25, -0.2) is 0 Å². The van der Waals surface area contributed by atoms with Crippen LogP contribution < -0.4 is 32.0 Å². The zero-order valence-electron chi connectivity index (χ0n) is 36.6. The summed E-state index contributed by atoms with van der Waals surface area (Å²) in [6.07, 6.45) is 5.40. The number of Topliss-reactive ketones (excluding diaryl/α,β-unsaturated/α-hetero) is 2. The minimum atomic E-state index is -1.21. The van der Waals surface area contributed by atoms with E-state index in [-0.39, 0.29) is 76.6 Å². The molecule has 3 aromatic carbocycles. The average Bonchev–Trinajstić information content (AvgIpc) is 3.66. The molecule has 3 amide bonds. The quantitative estimate of drug-likeness (QED) is 0.136. The maximum Gasteiger partial charge on any atom is 0.254 e. The van der Waals surface area contributed by atoms with Crippen molar-refractivity contribution >= 4 is 29.3 Å². The number of unbranched alkanes of at least 4 members (excludes halogenated alkanes) is 3. The van der Waals surface area contributed by atoms with Gasteiger partial charge in [0.05, 0.1) is 12.1 Å². The van der Waals surface area contributed by atoms with E-state index in [4.69, 9.17) is 26.7 Å². The minimum Gasteiger partial charge on any atom is -0.492 e. The van der Waals surface area contributed by atoms with Crippen molar-refractivity contribution in [3.8, 4) is 28.7 Å². The molecule has 2 aliphatic heterocycles. The van der Waals surface area contributed by atoms with Crippen LogP contribution in [0.2, 0.25) is 0 Å². The summed E-state index contributed by atoms with van der Waals surface area (Å²) in [6.45, 7) is 6.66. The Morgan fingerprint density at radius 2 is 1.63 bits per heavy atom. The van der Waals surface area contributed by atoms with Crippen molar-refractivity contribution in [1.29, 1.82) is 5.26 Å². The molecule has 3 aromatic rings. The highest BCUT2D eigenvalue weighted by atomic mass is 16.5. The number of aryl methyl sites for hydroxylation is 2. The van der Waals surface area contributed by atoms with Crippen LogP contribution in [-0.4, -0.2) is 97.1 Å². The Kier molecular flexibility index (Phi) is 17.2. The van der Waals surface area contributed by atoms with Gasteiger partial charge in [0.2, 0.25) is 11.8 Å². The maximum atomic E-state index is 14.9. The number of carbonyl (C=O) groups is 5. The Morgan fingerprint density at radius 3 is 2.29 bits per heavy atom. The van der Waals surface area contributed by atoms with E-state index >= 15 is 0 Å². The average molecular weight is 850 g/mol. The Bertz CT molecular complexity index is 2130. The van der Waals surface area contributed by atoms with Crippen molar-refractivity contribution in [2.75, 3.05) is 39.9 Å². The number of ketones is 2. The van der Waals surface area contributed by atoms with Crippen LogP contribution in [0.3, 0.4) is 0 Å². The third kappa shape index (κ3) is 11.6. The number of amides is 3. The van der Waals surface area contributed by atoms with E-state index in [1.54, 1.807) is 37.3 Å². The number of carbonyl (C=O) groups excluding carboxylic acids is 5. The predicted molar refractivity (Wildman–Crippen MR) is 237 cm³/mol. The summed E-state index contributed by atoms with van der Waals surface area (Å²) in [5, 5.41) is 12.1. The van der Waals surface area contributed by atoms with Crippen molar-refractivity contribution in [3.05, 3.63) is 82.4 Å². The number of likely N-dealkylation sites (N-methyl/N-ethyl adjacent to an activating group) is 1. The van der Waals surface area contributed by atoms with Gasteiger partial charge in [-0.2, -0.15) is 5.26 Å². The van der Waals surface area contributed by atoms with Gasteiger partial charge in [-0.15, -0.1) is 0 Å². The van der Waals surface area contributed by atoms with E-state index in [9.17, 15) is 29.2 Å². The van der Waals surface area contributed by atoms with Crippen LogP contribution in [-0.2, 0) is 32.0 Å². The number of rotatable bonds is 17. The SMILES string of the molecule is CCCCCCc1ccc(C(=O)N2C[C@@H](N)CC2C(=O)N(C)[C@@H]2C(=O)C[C@@H](C)C(=O)N[C@H](C(=O)CCC#N)Cc3ccc(OCCN)c(c3)-c3cc2ccc3OCCN)c(C)c1. The molecule has 0 spiro atoms. The molecule has 14 heteroatoms. The van der Waals surface area contributed by atoms with Gasteiger partial charge in [0.1, 0.15) is 36.8 Å². The lowest BCUT2D eigenvalue weighted by atomic mass is 9.89. The number of nitrogens with zero attached hydrogens (tertiary/aromatic N) is 3. The molecule has 0 aliphatic carbocycles. The number of likely N-dealkylation sites (tertiary alicyclic amines) is 1. The molecule has 1 fully saturated rings. The van der Waals surface area contributed by atoms with E-state index in [2.05, 4.69) is 12.2 Å². The number of hydrogen-bond donors (Lipinski definition) is 4. The Balaban J connectivity index is 1.58. The Morgan fingerprint density at radius 1 is 0.935 bits per heavy atom. The molecular weight excluding hydrogens is 787 g/mol. The Hall–Kier alpha value is -5.62. The summed E-state index contributed by atoms with van der Waals surface area (Å²) in [5.41, 5.74) is 22.9. The second kappa shape index (κ2) is 22.5. The summed E-state index contributed by atoms with van der Waals surface area (Å²) >= 11 is 0. The van der Waals surface area contributed by atoms with E-state index in [1.807, 2.05) is 37.3 Å². The van der Waals surface area contributed by atoms with Crippen LogP contribution in [0.5, 0.6) is 11.5 Å². The van der Waals surface area contributed by atoms with E-state index in [0.717, 1.165) is 36.8 Å². The molecule has 1 saturated heterocycles. The third-order valence-corrected chi connectivity index (χ3v) is 11.7. The van der Waals surface area contributed by atoms with Gasteiger partial charge in [0.15, 0.2) is 11.6 Å². The summed E-state index contributed by atoms with van der Waals surface area (Å²) in [7, 11) is 1.53. The molecular formula is C48H63N7O7. The lowest BCUT2D eigenvalue weighted by molar-refractivity contribution is -0.142. The van der Waals surface area contributed by atoms with Crippen LogP contribution in [0.15, 0.2) is 54.6 Å². The Labute approximate surface area is 365 Å². The van der Waals surface area contributed by atoms with Crippen molar-refractivity contribution in [1.82, 2.24) is 15.1 Å². The zero-order valence-corrected chi connectivity index (χ0v) is 36.6. The summed E-state index contributed by atoms with van der Waals surface area (Å²) < 4.78 is 12.3. The van der Waals surface area contributed by atoms with Crippen LogP contribution in [0.25, 0.3) is 11.1 Å². The van der Waals surface area contributed by atoms with Gasteiger partial charge < -0.3 is 41.8 Å². The van der Waals surface area contributed by atoms with Crippen LogP contribution in [0.4, 0.5) is 0 Å². The monoisotopic (exact) mass is 849 g/mol. The highest BCUT2D eigenvalue weighted by Crippen LogP contribution is 2.41. The first-order chi connectivity index (χ1) is 29.8. The van der Waals surface area contributed by atoms with Crippen LogP contribution in [0.1, 0.15) is 104 Å². The van der Waals surface area contributed by atoms with Gasteiger partial charge >= 0.3 is 0 Å². The second-order valence-corrected chi connectivity index (χ2v) is 16.6. The topological polar surface area (TPSA) is 224 Å². The number of benzene rings is 3. The first-order valence-corrected chi connectivity index (χ1v) is 21.9. The molecule has 5 atom stereocenters. The van der Waals surface area contributed by atoms with E-state index in [0.29, 0.717) is 39.3 Å². The smallest absolute Gasteiger partial charge is 0.254 e. The van der Waals surface area contributed by atoms with Crippen molar-refractivity contribution in [2.24, 2.45) is 23.1 Å². The molecule has 2 heterocycles. The third-order valence-electron chi connectivity index (χ3n) is 11.7. The predicted octanol–water partition coefficient (Wildman–Crippen LogP) is 4.71. The largest absolute Gasteiger partial charge is 0.492 e. The highest BCUT2D eigenvalue weighted by Gasteiger charge is 2.43. The van der Waals surface area contributed by atoms with Gasteiger partial charge in [0, 0.05) is 74.6 Å². The molecule has 0 radical (unpaired) electrons. The number of nitrogens with one attached hydrogen (secondary N) is 1. The van der Waals surface area contributed by atoms with Gasteiger partial charge in [-0.1, -0.05) is 57.4 Å². The number of nitrogens with two attached hydrogens (primary N) is 3. The highest BCUT2D eigenvalue weighted by molar-refractivity contribution is 6.01. The molecule has 0 saturated carbocycles. The van der Waals surface area contributed by atoms with Crippen molar-refractivity contribution in [2.45, 2.75) is 109 Å². The number of ether oxygens (including phenoxy) is 2. The van der Waals surface area contributed by atoms with Crippen molar-refractivity contribution in [3.63, 3.8) is 0 Å². The van der Waals surface area contributed by atoms with Crippen LogP contribution in [0, 0.1) is 24.2 Å². The molecule has 7 N–H and O–H groups in total. The molecule has 14 nitrogen and oxygen atoms in total. The van der Waals surface area contributed by atoms with E-state index in [1.165, 1.54) is 23.3 Å². The molecule has 62 heavy (non-hydrogen) atoms. The molecule has 4 bridgehead atoms. The molecule has 1 unspecified atom stereocenters. The van der Waals surface area contributed by atoms with Gasteiger partial charge in [-0.3, -0.25) is 24.0 Å². The fourth-order valence-corrected chi connectivity index (χ4v) is 8.43. The van der Waals surface area contributed by atoms with Crippen LogP contribution >= 0.6 is 0 Å². The first-order valence-electron chi connectivity index (χ1n) is 21.9. The first kappa shape index (κ1) is 47.4. The second-order valence-electron chi connectivity index (χ2n) is 16.6.